The van der Waals surface area contributed by atoms with Gasteiger partial charge in [-0.05, 0) is 102 Å². The van der Waals surface area contributed by atoms with E-state index in [-0.39, 0.29) is 5.78 Å². The Morgan fingerprint density at radius 2 is 1.79 bits per heavy atom. The molecule has 2 heterocycles. The van der Waals surface area contributed by atoms with Gasteiger partial charge in [0.25, 0.3) is 0 Å². The summed E-state index contributed by atoms with van der Waals surface area (Å²) in [5.74, 6) is 1.71. The molecule has 33 heavy (non-hydrogen) atoms. The Bertz CT molecular complexity index is 1080. The second-order valence-corrected chi connectivity index (χ2v) is 11.0. The molecule has 176 valence electrons. The molecule has 1 aliphatic rings. The standard InChI is InChI=1S/C27H31I2NO3/c1-2-3-11-24-25(20-10-5-6-12-23(20)33-24)26(31)19-17-21(28)27(22(29)18-19)32-16-9-15-30-13-7-4-8-14-30/h5-6,10,12,17-18H,2-4,7-9,11,13-16H2,1H3. The van der Waals surface area contributed by atoms with Crippen LogP contribution in [0.5, 0.6) is 5.75 Å². The van der Waals surface area contributed by atoms with Crippen molar-refractivity contribution >= 4 is 61.9 Å². The number of para-hydroxylation sites is 1. The second kappa shape index (κ2) is 12.0. The lowest BCUT2D eigenvalue weighted by Crippen LogP contribution is -2.31. The smallest absolute Gasteiger partial charge is 0.197 e. The maximum absolute atomic E-state index is 13.6. The van der Waals surface area contributed by atoms with E-state index in [0.29, 0.717) is 17.7 Å². The fourth-order valence-corrected chi connectivity index (χ4v) is 6.56. The van der Waals surface area contributed by atoms with Gasteiger partial charge in [0.2, 0.25) is 0 Å². The van der Waals surface area contributed by atoms with Gasteiger partial charge in [-0.1, -0.05) is 38.0 Å². The number of ether oxygens (including phenoxy) is 1. The van der Waals surface area contributed by atoms with Crippen LogP contribution in [0, 0.1) is 7.14 Å². The maximum Gasteiger partial charge on any atom is 0.197 e. The van der Waals surface area contributed by atoms with Crippen molar-refractivity contribution in [3.8, 4) is 5.75 Å². The van der Waals surface area contributed by atoms with Crippen molar-refractivity contribution in [1.82, 2.24) is 4.90 Å². The van der Waals surface area contributed by atoms with E-state index in [2.05, 4.69) is 57.0 Å². The average molecular weight is 671 g/mol. The summed E-state index contributed by atoms with van der Waals surface area (Å²) in [5.41, 5.74) is 2.18. The minimum absolute atomic E-state index is 0.0264. The summed E-state index contributed by atoms with van der Waals surface area (Å²) in [6.45, 7) is 6.38. The molecular weight excluding hydrogens is 640 g/mol. The number of hydrogen-bond donors (Lipinski definition) is 0. The van der Waals surface area contributed by atoms with Crippen molar-refractivity contribution in [2.75, 3.05) is 26.2 Å². The molecule has 0 spiro atoms. The number of benzene rings is 2. The molecule has 6 heteroatoms. The third-order valence-corrected chi connectivity index (χ3v) is 7.83. The SMILES string of the molecule is CCCCc1oc2ccccc2c1C(=O)c1cc(I)c(OCCCN2CCCCC2)c(I)c1. The van der Waals surface area contributed by atoms with Crippen LogP contribution in [0.25, 0.3) is 11.0 Å². The van der Waals surface area contributed by atoms with E-state index in [1.165, 1.54) is 32.4 Å². The van der Waals surface area contributed by atoms with Gasteiger partial charge in [0.15, 0.2) is 5.78 Å². The summed E-state index contributed by atoms with van der Waals surface area (Å²) in [6, 6.07) is 11.7. The highest BCUT2D eigenvalue weighted by Crippen LogP contribution is 2.33. The molecule has 2 aromatic carbocycles. The molecule has 1 aromatic heterocycles. The van der Waals surface area contributed by atoms with E-state index in [4.69, 9.17) is 9.15 Å². The number of halogens is 2. The molecule has 0 bridgehead atoms. The molecule has 1 saturated heterocycles. The zero-order chi connectivity index (χ0) is 23.2. The average Bonchev–Trinajstić information content (AvgIpc) is 3.20. The molecule has 3 aromatic rings. The monoisotopic (exact) mass is 671 g/mol. The number of nitrogens with zero attached hydrogens (tertiary/aromatic N) is 1. The van der Waals surface area contributed by atoms with E-state index >= 15 is 0 Å². The summed E-state index contributed by atoms with van der Waals surface area (Å²) in [7, 11) is 0. The highest BCUT2D eigenvalue weighted by atomic mass is 127. The first-order valence-electron chi connectivity index (χ1n) is 12.0. The van der Waals surface area contributed by atoms with Gasteiger partial charge >= 0.3 is 0 Å². The molecule has 1 fully saturated rings. The number of unbranched alkanes of at least 4 members (excludes halogenated alkanes) is 1. The van der Waals surface area contributed by atoms with E-state index in [0.717, 1.165) is 61.8 Å². The molecule has 0 atom stereocenters. The number of likely N-dealkylation sites (tertiary alicyclic amines) is 1. The van der Waals surface area contributed by atoms with Gasteiger partial charge in [0.05, 0.1) is 19.3 Å². The van der Waals surface area contributed by atoms with Gasteiger partial charge in [0, 0.05) is 23.9 Å². The van der Waals surface area contributed by atoms with Crippen LogP contribution in [0.4, 0.5) is 0 Å². The molecule has 0 aliphatic carbocycles. The minimum Gasteiger partial charge on any atom is -0.491 e. The largest absolute Gasteiger partial charge is 0.491 e. The fraction of sp³-hybridized carbons (Fsp3) is 0.444. The number of furan rings is 1. The van der Waals surface area contributed by atoms with Gasteiger partial charge in [-0.15, -0.1) is 0 Å². The minimum atomic E-state index is 0.0264. The topological polar surface area (TPSA) is 42.7 Å². The summed E-state index contributed by atoms with van der Waals surface area (Å²) in [4.78, 5) is 16.2. The summed E-state index contributed by atoms with van der Waals surface area (Å²) in [5, 5.41) is 0.900. The second-order valence-electron chi connectivity index (χ2n) is 8.70. The van der Waals surface area contributed by atoms with Gasteiger partial charge in [0.1, 0.15) is 17.1 Å². The van der Waals surface area contributed by atoms with Crippen LogP contribution in [0.3, 0.4) is 0 Å². The van der Waals surface area contributed by atoms with Crippen LogP contribution in [-0.2, 0) is 6.42 Å². The van der Waals surface area contributed by atoms with Crippen molar-refractivity contribution in [2.45, 2.75) is 51.9 Å². The summed E-state index contributed by atoms with van der Waals surface area (Å²) < 4.78 is 14.2. The van der Waals surface area contributed by atoms with E-state index < -0.39 is 0 Å². The lowest BCUT2D eigenvalue weighted by Gasteiger charge is -2.26. The van der Waals surface area contributed by atoms with Crippen LogP contribution in [0.15, 0.2) is 40.8 Å². The molecule has 0 N–H and O–H groups in total. The molecule has 1 aliphatic heterocycles. The molecule has 0 radical (unpaired) electrons. The highest BCUT2D eigenvalue weighted by Gasteiger charge is 2.23. The van der Waals surface area contributed by atoms with Gasteiger partial charge in [-0.2, -0.15) is 0 Å². The zero-order valence-corrected chi connectivity index (χ0v) is 23.5. The molecule has 4 nitrogen and oxygen atoms in total. The molecule has 0 amide bonds. The lowest BCUT2D eigenvalue weighted by molar-refractivity contribution is 0.103. The highest BCUT2D eigenvalue weighted by molar-refractivity contribution is 14.1. The van der Waals surface area contributed by atoms with E-state index in [1.807, 2.05) is 36.4 Å². The zero-order valence-electron chi connectivity index (χ0n) is 19.2. The summed E-state index contributed by atoms with van der Waals surface area (Å²) in [6.07, 6.45) is 7.86. The number of hydrogen-bond acceptors (Lipinski definition) is 4. The van der Waals surface area contributed by atoms with Crippen molar-refractivity contribution in [3.05, 3.63) is 60.4 Å². The Hall–Kier alpha value is -1.13. The third-order valence-electron chi connectivity index (χ3n) is 6.23. The number of ketones is 1. The quantitative estimate of drug-likeness (QED) is 0.128. The first-order chi connectivity index (χ1) is 16.1. The molecular formula is C27H31I2NO3. The normalized spacial score (nSPS) is 14.6. The molecule has 4 rings (SSSR count). The van der Waals surface area contributed by atoms with E-state index in [1.54, 1.807) is 0 Å². The number of piperidine rings is 1. The van der Waals surface area contributed by atoms with Crippen LogP contribution in [0.2, 0.25) is 0 Å². The predicted octanol–water partition coefficient (Wildman–Crippen LogP) is 7.47. The maximum atomic E-state index is 13.6. The fourth-order valence-electron chi connectivity index (χ4n) is 4.48. The predicted molar refractivity (Wildman–Crippen MR) is 151 cm³/mol. The van der Waals surface area contributed by atoms with Gasteiger partial charge in [-0.25, -0.2) is 0 Å². The van der Waals surface area contributed by atoms with Crippen LogP contribution in [0.1, 0.15) is 67.1 Å². The number of aryl methyl sites for hydroxylation is 1. The molecule has 0 saturated carbocycles. The lowest BCUT2D eigenvalue weighted by atomic mass is 9.98. The van der Waals surface area contributed by atoms with Gasteiger partial charge in [-0.3, -0.25) is 4.79 Å². The Balaban J connectivity index is 1.50. The van der Waals surface area contributed by atoms with E-state index in [9.17, 15) is 4.79 Å². The first kappa shape index (κ1) is 25.0. The number of carbonyl (C=O) groups excluding carboxylic acids is 1. The Kier molecular flexibility index (Phi) is 9.10. The van der Waals surface area contributed by atoms with Crippen molar-refractivity contribution in [3.63, 3.8) is 0 Å². The number of fused-ring (bicyclic) bond motifs is 1. The Morgan fingerprint density at radius 3 is 2.52 bits per heavy atom. The Morgan fingerprint density at radius 1 is 1.06 bits per heavy atom. The number of carbonyl (C=O) groups is 1. The van der Waals surface area contributed by atoms with Crippen molar-refractivity contribution in [1.29, 1.82) is 0 Å². The van der Waals surface area contributed by atoms with Gasteiger partial charge < -0.3 is 14.1 Å². The van der Waals surface area contributed by atoms with Crippen molar-refractivity contribution < 1.29 is 13.9 Å². The number of rotatable bonds is 10. The first-order valence-corrected chi connectivity index (χ1v) is 14.1. The van der Waals surface area contributed by atoms with Crippen LogP contribution in [-0.4, -0.2) is 36.9 Å². The van der Waals surface area contributed by atoms with Crippen molar-refractivity contribution in [2.24, 2.45) is 0 Å². The third kappa shape index (κ3) is 6.11. The Labute approximate surface area is 223 Å². The van der Waals surface area contributed by atoms with Crippen LogP contribution >= 0.6 is 45.2 Å². The summed E-state index contributed by atoms with van der Waals surface area (Å²) >= 11 is 4.58. The molecule has 0 unspecified atom stereocenters. The van der Waals surface area contributed by atoms with Crippen LogP contribution < -0.4 is 4.74 Å².